The van der Waals surface area contributed by atoms with Crippen LogP contribution in [0.5, 0.6) is 0 Å². The monoisotopic (exact) mass is 258 g/mol. The quantitative estimate of drug-likeness (QED) is 0.651. The van der Waals surface area contributed by atoms with Gasteiger partial charge in [-0.3, -0.25) is 4.79 Å². The van der Waals surface area contributed by atoms with Crippen LogP contribution in [0.25, 0.3) is 6.08 Å². The molecule has 0 fully saturated rings. The minimum Gasteiger partial charge on any atom is -0.467 e. The molecule has 0 bridgehead atoms. The van der Waals surface area contributed by atoms with E-state index in [1.807, 2.05) is 6.07 Å². The van der Waals surface area contributed by atoms with Crippen LogP contribution in [0.3, 0.4) is 0 Å². The highest BCUT2D eigenvalue weighted by atomic mass is 16.5. The lowest BCUT2D eigenvalue weighted by Gasteiger charge is -2.09. The SMILES string of the molecule is COC(=O)C(C)NC(=O)C=Cc1ccc(C#N)cc1. The van der Waals surface area contributed by atoms with Crippen molar-refractivity contribution in [3.05, 3.63) is 41.5 Å². The fraction of sp³-hybridized carbons (Fsp3) is 0.214. The van der Waals surface area contributed by atoms with Gasteiger partial charge in [0.15, 0.2) is 0 Å². The Balaban J connectivity index is 2.58. The predicted molar refractivity (Wildman–Crippen MR) is 69.8 cm³/mol. The van der Waals surface area contributed by atoms with E-state index < -0.39 is 12.0 Å². The van der Waals surface area contributed by atoms with E-state index in [0.717, 1.165) is 5.56 Å². The van der Waals surface area contributed by atoms with Crippen LogP contribution in [0.2, 0.25) is 0 Å². The molecule has 0 aliphatic heterocycles. The van der Waals surface area contributed by atoms with Crippen molar-refractivity contribution in [1.82, 2.24) is 5.32 Å². The Hall–Kier alpha value is -2.61. The maximum absolute atomic E-state index is 11.5. The zero-order valence-corrected chi connectivity index (χ0v) is 10.7. The lowest BCUT2D eigenvalue weighted by Crippen LogP contribution is -2.38. The van der Waals surface area contributed by atoms with Crippen LogP contribution in [-0.2, 0) is 14.3 Å². The van der Waals surface area contributed by atoms with Crippen LogP contribution in [-0.4, -0.2) is 25.0 Å². The smallest absolute Gasteiger partial charge is 0.328 e. The number of nitrogens with zero attached hydrogens (tertiary/aromatic N) is 1. The molecule has 1 rings (SSSR count). The van der Waals surface area contributed by atoms with Gasteiger partial charge in [-0.25, -0.2) is 4.79 Å². The first-order valence-electron chi connectivity index (χ1n) is 5.63. The van der Waals surface area contributed by atoms with Gasteiger partial charge >= 0.3 is 5.97 Å². The molecular formula is C14H14N2O3. The molecule has 1 atom stereocenters. The summed E-state index contributed by atoms with van der Waals surface area (Å²) in [4.78, 5) is 22.6. The summed E-state index contributed by atoms with van der Waals surface area (Å²) in [5.41, 5.74) is 1.35. The first kappa shape index (κ1) is 14.5. The summed E-state index contributed by atoms with van der Waals surface area (Å²) in [7, 11) is 1.26. The highest BCUT2D eigenvalue weighted by Crippen LogP contribution is 2.05. The molecule has 1 aromatic rings. The van der Waals surface area contributed by atoms with Crippen molar-refractivity contribution >= 4 is 18.0 Å². The van der Waals surface area contributed by atoms with E-state index in [2.05, 4.69) is 10.1 Å². The van der Waals surface area contributed by atoms with Gasteiger partial charge in [0.25, 0.3) is 0 Å². The Morgan fingerprint density at radius 1 is 1.37 bits per heavy atom. The second kappa shape index (κ2) is 6.97. The topological polar surface area (TPSA) is 79.2 Å². The highest BCUT2D eigenvalue weighted by Gasteiger charge is 2.13. The van der Waals surface area contributed by atoms with Crippen LogP contribution in [0.1, 0.15) is 18.1 Å². The molecule has 1 aromatic carbocycles. The van der Waals surface area contributed by atoms with Gasteiger partial charge in [-0.05, 0) is 30.7 Å². The number of carbonyl (C=O) groups excluding carboxylic acids is 2. The predicted octanol–water partition coefficient (Wildman–Crippen LogP) is 1.25. The molecule has 0 heterocycles. The van der Waals surface area contributed by atoms with Gasteiger partial charge in [-0.2, -0.15) is 5.26 Å². The maximum Gasteiger partial charge on any atom is 0.328 e. The highest BCUT2D eigenvalue weighted by molar-refractivity contribution is 5.94. The first-order chi connectivity index (χ1) is 9.06. The number of esters is 1. The van der Waals surface area contributed by atoms with Crippen molar-refractivity contribution < 1.29 is 14.3 Å². The molecule has 0 aliphatic rings. The zero-order valence-electron chi connectivity index (χ0n) is 10.7. The minimum absolute atomic E-state index is 0.387. The van der Waals surface area contributed by atoms with Crippen LogP contribution in [0, 0.1) is 11.3 Å². The molecule has 0 saturated carbocycles. The average Bonchev–Trinajstić information content (AvgIpc) is 2.44. The molecule has 98 valence electrons. The summed E-state index contributed by atoms with van der Waals surface area (Å²) in [6.07, 6.45) is 2.92. The molecule has 0 radical (unpaired) electrons. The van der Waals surface area contributed by atoms with E-state index in [4.69, 9.17) is 5.26 Å². The molecule has 1 unspecified atom stereocenters. The van der Waals surface area contributed by atoms with E-state index >= 15 is 0 Å². The number of rotatable bonds is 4. The lowest BCUT2D eigenvalue weighted by atomic mass is 10.1. The number of hydrogen-bond donors (Lipinski definition) is 1. The normalized spacial score (nSPS) is 11.6. The average molecular weight is 258 g/mol. The van der Waals surface area contributed by atoms with Gasteiger partial charge in [0.05, 0.1) is 18.7 Å². The lowest BCUT2D eigenvalue weighted by molar-refractivity contribution is -0.144. The second-order valence-electron chi connectivity index (χ2n) is 3.82. The van der Waals surface area contributed by atoms with Crippen molar-refractivity contribution in [3.63, 3.8) is 0 Å². The van der Waals surface area contributed by atoms with E-state index in [0.29, 0.717) is 5.56 Å². The van der Waals surface area contributed by atoms with Crippen LogP contribution < -0.4 is 5.32 Å². The maximum atomic E-state index is 11.5. The molecule has 5 heteroatoms. The first-order valence-corrected chi connectivity index (χ1v) is 5.63. The summed E-state index contributed by atoms with van der Waals surface area (Å²) in [6.45, 7) is 1.54. The van der Waals surface area contributed by atoms with Crippen molar-refractivity contribution in [2.24, 2.45) is 0 Å². The number of methoxy groups -OCH3 is 1. The van der Waals surface area contributed by atoms with Crippen molar-refractivity contribution in [3.8, 4) is 6.07 Å². The minimum atomic E-state index is -0.692. The second-order valence-corrected chi connectivity index (χ2v) is 3.82. The molecule has 1 amide bonds. The summed E-state index contributed by atoms with van der Waals surface area (Å²) in [6, 6.07) is 8.10. The van der Waals surface area contributed by atoms with E-state index in [1.165, 1.54) is 13.2 Å². The Kier molecular flexibility index (Phi) is 5.30. The van der Waals surface area contributed by atoms with Crippen molar-refractivity contribution in [2.45, 2.75) is 13.0 Å². The standard InChI is InChI=1S/C14H14N2O3/c1-10(14(18)19-2)16-13(17)8-7-11-3-5-12(9-15)6-4-11/h3-8,10H,1-2H3,(H,16,17). The van der Waals surface area contributed by atoms with Crippen LogP contribution in [0.15, 0.2) is 30.3 Å². The fourth-order valence-electron chi connectivity index (χ4n) is 1.34. The summed E-state index contributed by atoms with van der Waals surface area (Å²) in [5.74, 6) is -0.887. The molecule has 19 heavy (non-hydrogen) atoms. The number of carbonyl (C=O) groups is 2. The van der Waals surface area contributed by atoms with Gasteiger partial charge in [-0.1, -0.05) is 12.1 Å². The van der Waals surface area contributed by atoms with Gasteiger partial charge in [0.2, 0.25) is 5.91 Å². The third-order valence-corrected chi connectivity index (χ3v) is 2.38. The Labute approximate surface area is 111 Å². The number of benzene rings is 1. The molecule has 1 N–H and O–H groups in total. The Morgan fingerprint density at radius 2 is 2.00 bits per heavy atom. The number of ether oxygens (including phenoxy) is 1. The summed E-state index contributed by atoms with van der Waals surface area (Å²) >= 11 is 0. The molecule has 0 spiro atoms. The number of nitriles is 1. The van der Waals surface area contributed by atoms with Gasteiger partial charge in [0, 0.05) is 6.08 Å². The van der Waals surface area contributed by atoms with Crippen molar-refractivity contribution in [2.75, 3.05) is 7.11 Å². The molecule has 0 aromatic heterocycles. The zero-order chi connectivity index (χ0) is 14.3. The Morgan fingerprint density at radius 3 is 2.53 bits per heavy atom. The number of amides is 1. The van der Waals surface area contributed by atoms with Crippen LogP contribution >= 0.6 is 0 Å². The summed E-state index contributed by atoms with van der Waals surface area (Å²) < 4.78 is 4.49. The largest absolute Gasteiger partial charge is 0.467 e. The molecule has 0 aliphatic carbocycles. The van der Waals surface area contributed by atoms with E-state index in [1.54, 1.807) is 37.3 Å². The number of hydrogen-bond acceptors (Lipinski definition) is 4. The Bertz CT molecular complexity index is 527. The third-order valence-electron chi connectivity index (χ3n) is 2.38. The molecule has 5 nitrogen and oxygen atoms in total. The van der Waals surface area contributed by atoms with E-state index in [-0.39, 0.29) is 5.91 Å². The van der Waals surface area contributed by atoms with Crippen LogP contribution in [0.4, 0.5) is 0 Å². The van der Waals surface area contributed by atoms with Crippen molar-refractivity contribution in [1.29, 1.82) is 5.26 Å². The third kappa shape index (κ3) is 4.64. The van der Waals surface area contributed by atoms with Gasteiger partial charge < -0.3 is 10.1 Å². The molecular weight excluding hydrogens is 244 g/mol. The summed E-state index contributed by atoms with van der Waals surface area (Å²) in [5, 5.41) is 11.1. The number of nitrogens with one attached hydrogen (secondary N) is 1. The van der Waals surface area contributed by atoms with Gasteiger partial charge in [-0.15, -0.1) is 0 Å². The van der Waals surface area contributed by atoms with E-state index in [9.17, 15) is 9.59 Å². The fourth-order valence-corrected chi connectivity index (χ4v) is 1.34. The molecule has 0 saturated heterocycles. The van der Waals surface area contributed by atoms with Gasteiger partial charge in [0.1, 0.15) is 6.04 Å².